The van der Waals surface area contributed by atoms with Crippen LogP contribution in [0.15, 0.2) is 60.8 Å². The van der Waals surface area contributed by atoms with Crippen LogP contribution in [-0.4, -0.2) is 66.4 Å². The molecule has 1 aromatic heterocycles. The Morgan fingerprint density at radius 3 is 2.60 bits per heavy atom. The first-order valence-corrected chi connectivity index (χ1v) is 9.97. The molecule has 7 heteroatoms. The van der Waals surface area contributed by atoms with Gasteiger partial charge in [0.25, 0.3) is 5.91 Å². The molecule has 0 radical (unpaired) electrons. The summed E-state index contributed by atoms with van der Waals surface area (Å²) in [7, 11) is 2.03. The monoisotopic (exact) mass is 404 g/mol. The van der Waals surface area contributed by atoms with E-state index in [0.29, 0.717) is 18.8 Å². The van der Waals surface area contributed by atoms with Gasteiger partial charge in [0.15, 0.2) is 0 Å². The molecule has 2 amide bonds. The first-order chi connectivity index (χ1) is 14.6. The normalized spacial score (nSPS) is 14.5. The molecule has 0 bridgehead atoms. The van der Waals surface area contributed by atoms with Gasteiger partial charge in [0.1, 0.15) is 11.3 Å². The molecular weight excluding hydrogens is 380 g/mol. The summed E-state index contributed by atoms with van der Waals surface area (Å²) in [6.45, 7) is 2.98. The third-order valence-electron chi connectivity index (χ3n) is 5.23. The third kappa shape index (κ3) is 4.41. The van der Waals surface area contributed by atoms with Crippen LogP contribution in [0.2, 0.25) is 0 Å². The SMILES string of the molecule is CN1CCN(C(=O)CNC(=O)c2cccnc2Oc2cccc3ccccc23)CC1. The summed E-state index contributed by atoms with van der Waals surface area (Å²) in [5.41, 5.74) is 0.289. The largest absolute Gasteiger partial charge is 0.438 e. The van der Waals surface area contributed by atoms with Crippen LogP contribution >= 0.6 is 0 Å². The molecule has 4 rings (SSSR count). The van der Waals surface area contributed by atoms with E-state index in [1.54, 1.807) is 23.2 Å². The number of likely N-dealkylation sites (N-methyl/N-ethyl adjacent to an activating group) is 1. The minimum absolute atomic E-state index is 0.0504. The van der Waals surface area contributed by atoms with Gasteiger partial charge in [0, 0.05) is 37.8 Å². The summed E-state index contributed by atoms with van der Waals surface area (Å²) >= 11 is 0. The van der Waals surface area contributed by atoms with Crippen LogP contribution in [0.5, 0.6) is 11.6 Å². The number of fused-ring (bicyclic) bond motifs is 1. The average molecular weight is 404 g/mol. The van der Waals surface area contributed by atoms with Gasteiger partial charge in [-0.2, -0.15) is 0 Å². The molecule has 1 aliphatic rings. The summed E-state index contributed by atoms with van der Waals surface area (Å²) in [5, 5.41) is 4.68. The molecule has 1 saturated heterocycles. The molecule has 1 N–H and O–H groups in total. The lowest BCUT2D eigenvalue weighted by atomic mass is 10.1. The smallest absolute Gasteiger partial charge is 0.257 e. The number of carbonyl (C=O) groups is 2. The van der Waals surface area contributed by atoms with Gasteiger partial charge in [-0.3, -0.25) is 9.59 Å². The Morgan fingerprint density at radius 1 is 1.00 bits per heavy atom. The van der Waals surface area contributed by atoms with Crippen molar-refractivity contribution in [2.45, 2.75) is 0 Å². The van der Waals surface area contributed by atoms with E-state index in [1.807, 2.05) is 49.5 Å². The van der Waals surface area contributed by atoms with Gasteiger partial charge in [-0.1, -0.05) is 36.4 Å². The van der Waals surface area contributed by atoms with Crippen LogP contribution < -0.4 is 10.1 Å². The number of nitrogens with zero attached hydrogens (tertiary/aromatic N) is 3. The Hall–Kier alpha value is -3.45. The molecule has 0 saturated carbocycles. The molecule has 1 fully saturated rings. The number of amides is 2. The number of hydrogen-bond donors (Lipinski definition) is 1. The van der Waals surface area contributed by atoms with Crippen molar-refractivity contribution >= 4 is 22.6 Å². The van der Waals surface area contributed by atoms with E-state index in [4.69, 9.17) is 4.74 Å². The lowest BCUT2D eigenvalue weighted by Crippen LogP contribution is -2.50. The summed E-state index contributed by atoms with van der Waals surface area (Å²) in [6, 6.07) is 16.9. The van der Waals surface area contributed by atoms with E-state index in [-0.39, 0.29) is 29.8 Å². The predicted octanol–water partition coefficient (Wildman–Crippen LogP) is 2.53. The van der Waals surface area contributed by atoms with Crippen LogP contribution in [0, 0.1) is 0 Å². The van der Waals surface area contributed by atoms with Crippen molar-refractivity contribution in [3.63, 3.8) is 0 Å². The van der Waals surface area contributed by atoms with E-state index in [9.17, 15) is 9.59 Å². The highest BCUT2D eigenvalue weighted by atomic mass is 16.5. The fourth-order valence-electron chi connectivity index (χ4n) is 3.45. The van der Waals surface area contributed by atoms with E-state index >= 15 is 0 Å². The van der Waals surface area contributed by atoms with Crippen LogP contribution in [0.4, 0.5) is 0 Å². The first-order valence-electron chi connectivity index (χ1n) is 9.97. The Balaban J connectivity index is 1.46. The standard InChI is InChI=1S/C23H24N4O3/c1-26-12-14-27(15-13-26)21(28)16-25-22(29)19-9-5-11-24-23(19)30-20-10-4-7-17-6-2-3-8-18(17)20/h2-11H,12-16H2,1H3,(H,25,29). The first kappa shape index (κ1) is 19.8. The van der Waals surface area contributed by atoms with Gasteiger partial charge < -0.3 is 19.9 Å². The molecular formula is C23H24N4O3. The van der Waals surface area contributed by atoms with E-state index in [2.05, 4.69) is 15.2 Å². The molecule has 30 heavy (non-hydrogen) atoms. The maximum Gasteiger partial charge on any atom is 0.257 e. The van der Waals surface area contributed by atoms with E-state index in [1.165, 1.54) is 0 Å². The van der Waals surface area contributed by atoms with Crippen molar-refractivity contribution in [3.05, 3.63) is 66.4 Å². The van der Waals surface area contributed by atoms with Gasteiger partial charge in [0.05, 0.1) is 6.54 Å². The molecule has 2 aromatic carbocycles. The van der Waals surface area contributed by atoms with Gasteiger partial charge in [0.2, 0.25) is 11.8 Å². The maximum atomic E-state index is 12.7. The van der Waals surface area contributed by atoms with Crippen molar-refractivity contribution < 1.29 is 14.3 Å². The van der Waals surface area contributed by atoms with E-state index in [0.717, 1.165) is 23.9 Å². The number of carbonyl (C=O) groups excluding carboxylic acids is 2. The molecule has 2 heterocycles. The van der Waals surface area contributed by atoms with Crippen molar-refractivity contribution in [1.82, 2.24) is 20.1 Å². The van der Waals surface area contributed by atoms with Crippen molar-refractivity contribution in [2.24, 2.45) is 0 Å². The van der Waals surface area contributed by atoms with Crippen LogP contribution in [0.1, 0.15) is 10.4 Å². The highest BCUT2D eigenvalue weighted by molar-refractivity contribution is 5.98. The molecule has 0 spiro atoms. The summed E-state index contributed by atoms with van der Waals surface area (Å²) < 4.78 is 6.01. The fraction of sp³-hybridized carbons (Fsp3) is 0.261. The topological polar surface area (TPSA) is 74.8 Å². The van der Waals surface area contributed by atoms with Gasteiger partial charge in [-0.05, 0) is 30.6 Å². The minimum atomic E-state index is -0.388. The molecule has 1 aliphatic heterocycles. The zero-order valence-electron chi connectivity index (χ0n) is 16.9. The third-order valence-corrected chi connectivity index (χ3v) is 5.23. The average Bonchev–Trinajstić information content (AvgIpc) is 2.78. The van der Waals surface area contributed by atoms with Crippen LogP contribution in [0.3, 0.4) is 0 Å². The number of piperazine rings is 1. The fourth-order valence-corrected chi connectivity index (χ4v) is 3.45. The van der Waals surface area contributed by atoms with Crippen molar-refractivity contribution in [1.29, 1.82) is 0 Å². The van der Waals surface area contributed by atoms with Gasteiger partial charge in [-0.25, -0.2) is 4.98 Å². The summed E-state index contributed by atoms with van der Waals surface area (Å²) in [6.07, 6.45) is 1.58. The molecule has 0 unspecified atom stereocenters. The summed E-state index contributed by atoms with van der Waals surface area (Å²) in [4.78, 5) is 33.4. The number of nitrogens with one attached hydrogen (secondary N) is 1. The highest BCUT2D eigenvalue weighted by Gasteiger charge is 2.21. The van der Waals surface area contributed by atoms with Gasteiger partial charge in [-0.15, -0.1) is 0 Å². The second-order valence-corrected chi connectivity index (χ2v) is 7.30. The van der Waals surface area contributed by atoms with Crippen LogP contribution in [0.25, 0.3) is 10.8 Å². The maximum absolute atomic E-state index is 12.7. The van der Waals surface area contributed by atoms with Crippen molar-refractivity contribution in [2.75, 3.05) is 39.8 Å². The lowest BCUT2D eigenvalue weighted by molar-refractivity contribution is -0.131. The number of rotatable bonds is 5. The minimum Gasteiger partial charge on any atom is -0.438 e. The predicted molar refractivity (Wildman–Crippen MR) is 115 cm³/mol. The number of aromatic nitrogens is 1. The lowest BCUT2D eigenvalue weighted by Gasteiger charge is -2.32. The van der Waals surface area contributed by atoms with Crippen molar-refractivity contribution in [3.8, 4) is 11.6 Å². The molecule has 7 nitrogen and oxygen atoms in total. The number of ether oxygens (including phenoxy) is 1. The zero-order chi connectivity index (χ0) is 20.9. The molecule has 3 aromatic rings. The second kappa shape index (κ2) is 8.92. The van der Waals surface area contributed by atoms with Crippen LogP contribution in [-0.2, 0) is 4.79 Å². The second-order valence-electron chi connectivity index (χ2n) is 7.30. The Labute approximate surface area is 175 Å². The summed E-state index contributed by atoms with van der Waals surface area (Å²) in [5.74, 6) is 0.352. The number of pyridine rings is 1. The zero-order valence-corrected chi connectivity index (χ0v) is 16.9. The Morgan fingerprint density at radius 2 is 1.77 bits per heavy atom. The molecule has 0 aliphatic carbocycles. The quantitative estimate of drug-likeness (QED) is 0.707. The van der Waals surface area contributed by atoms with E-state index < -0.39 is 0 Å². The van der Waals surface area contributed by atoms with Gasteiger partial charge >= 0.3 is 0 Å². The number of hydrogen-bond acceptors (Lipinski definition) is 5. The highest BCUT2D eigenvalue weighted by Crippen LogP contribution is 2.30. The molecule has 0 atom stereocenters. The Kier molecular flexibility index (Phi) is 5.90. The molecule has 154 valence electrons. The number of benzene rings is 2. The Bertz CT molecular complexity index is 1060.